The molecule has 0 atom stereocenters. The van der Waals surface area contributed by atoms with E-state index in [0.29, 0.717) is 12.3 Å². The highest BCUT2D eigenvalue weighted by molar-refractivity contribution is 5.93. The molecule has 1 rings (SSSR count). The Kier molecular flexibility index (Phi) is 4.95. The number of rotatable bonds is 6. The Hall–Kier alpha value is -1.78. The van der Waals surface area contributed by atoms with Crippen molar-refractivity contribution < 1.29 is 19.1 Å². The molecule has 1 aromatic heterocycles. The van der Waals surface area contributed by atoms with Gasteiger partial charge in [-0.25, -0.2) is 0 Å². The van der Waals surface area contributed by atoms with Crippen molar-refractivity contribution in [2.75, 3.05) is 13.1 Å². The first-order valence-corrected chi connectivity index (χ1v) is 6.05. The molecule has 0 aliphatic carbocycles. The van der Waals surface area contributed by atoms with Gasteiger partial charge in [0.2, 0.25) is 0 Å². The first kappa shape index (κ1) is 14.3. The molecule has 0 unspecified atom stereocenters. The molecule has 1 aromatic rings. The normalized spacial score (nSPS) is 10.7. The number of hydrogen-bond donors (Lipinski definition) is 1. The third-order valence-corrected chi connectivity index (χ3v) is 2.78. The van der Waals surface area contributed by atoms with E-state index >= 15 is 0 Å². The molecule has 1 N–H and O–H groups in total. The fraction of sp³-hybridized carbons (Fsp3) is 0.538. The Bertz CT molecular complexity index is 422. The third kappa shape index (κ3) is 3.35. The topological polar surface area (TPSA) is 70.8 Å². The van der Waals surface area contributed by atoms with Gasteiger partial charge in [-0.15, -0.1) is 0 Å². The van der Waals surface area contributed by atoms with Crippen LogP contribution in [0, 0.1) is 0 Å². The second-order valence-electron chi connectivity index (χ2n) is 4.39. The van der Waals surface area contributed by atoms with Gasteiger partial charge in [-0.05, 0) is 18.9 Å². The Labute approximate surface area is 106 Å². The Morgan fingerprint density at radius 2 is 2.11 bits per heavy atom. The van der Waals surface area contributed by atoms with Crippen molar-refractivity contribution in [3.63, 3.8) is 0 Å². The van der Waals surface area contributed by atoms with E-state index < -0.39 is 5.97 Å². The first-order valence-electron chi connectivity index (χ1n) is 6.05. The number of hydrogen-bond acceptors (Lipinski definition) is 3. The van der Waals surface area contributed by atoms with Crippen LogP contribution in [0.25, 0.3) is 0 Å². The standard InChI is InChI=1S/C13H19NO4/c1-4-14(7-5-11(15)16)13(17)12-10(9(2)3)6-8-18-12/h6,8-9H,4-5,7H2,1-3H3,(H,15,16). The lowest BCUT2D eigenvalue weighted by Gasteiger charge is -2.19. The second kappa shape index (κ2) is 6.23. The van der Waals surface area contributed by atoms with Crippen LogP contribution in [0.5, 0.6) is 0 Å². The zero-order valence-electron chi connectivity index (χ0n) is 11.0. The minimum absolute atomic E-state index is 0.0582. The number of aliphatic carboxylic acids is 1. The maximum absolute atomic E-state index is 12.2. The molecule has 0 aromatic carbocycles. The highest BCUT2D eigenvalue weighted by Crippen LogP contribution is 2.22. The maximum Gasteiger partial charge on any atom is 0.305 e. The van der Waals surface area contributed by atoms with E-state index in [-0.39, 0.29) is 24.8 Å². The van der Waals surface area contributed by atoms with Crippen LogP contribution < -0.4 is 0 Å². The number of carboxylic acids is 1. The zero-order valence-corrected chi connectivity index (χ0v) is 11.0. The predicted molar refractivity (Wildman–Crippen MR) is 66.6 cm³/mol. The van der Waals surface area contributed by atoms with Crippen molar-refractivity contribution in [1.29, 1.82) is 0 Å². The average molecular weight is 253 g/mol. The van der Waals surface area contributed by atoms with Gasteiger partial charge in [-0.2, -0.15) is 0 Å². The lowest BCUT2D eigenvalue weighted by atomic mass is 10.0. The summed E-state index contributed by atoms with van der Waals surface area (Å²) in [7, 11) is 0. The lowest BCUT2D eigenvalue weighted by Crippen LogP contribution is -2.33. The van der Waals surface area contributed by atoms with Gasteiger partial charge in [0.15, 0.2) is 5.76 Å². The van der Waals surface area contributed by atoms with Crippen molar-refractivity contribution in [3.8, 4) is 0 Å². The summed E-state index contributed by atoms with van der Waals surface area (Å²) >= 11 is 0. The van der Waals surface area contributed by atoms with Crippen molar-refractivity contribution >= 4 is 11.9 Å². The molecule has 5 heteroatoms. The molecule has 0 fully saturated rings. The van der Waals surface area contributed by atoms with E-state index in [0.717, 1.165) is 5.56 Å². The quantitative estimate of drug-likeness (QED) is 0.844. The molecule has 0 aliphatic heterocycles. The second-order valence-corrected chi connectivity index (χ2v) is 4.39. The molecule has 1 amide bonds. The number of carbonyl (C=O) groups is 2. The smallest absolute Gasteiger partial charge is 0.305 e. The van der Waals surface area contributed by atoms with Crippen LogP contribution in [0.15, 0.2) is 16.7 Å². The van der Waals surface area contributed by atoms with Crippen molar-refractivity contribution in [3.05, 3.63) is 23.7 Å². The molecule has 18 heavy (non-hydrogen) atoms. The number of amides is 1. The summed E-state index contributed by atoms with van der Waals surface area (Å²) in [6.07, 6.45) is 1.44. The van der Waals surface area contributed by atoms with Crippen LogP contribution in [0.3, 0.4) is 0 Å². The number of furan rings is 1. The summed E-state index contributed by atoms with van der Waals surface area (Å²) in [5, 5.41) is 8.65. The maximum atomic E-state index is 12.2. The number of carboxylic acid groups (broad SMARTS) is 1. The van der Waals surface area contributed by atoms with Gasteiger partial charge in [0, 0.05) is 18.7 Å². The van der Waals surface area contributed by atoms with Gasteiger partial charge in [0.1, 0.15) is 0 Å². The van der Waals surface area contributed by atoms with Gasteiger partial charge >= 0.3 is 5.97 Å². The summed E-state index contributed by atoms with van der Waals surface area (Å²) in [6, 6.07) is 1.78. The summed E-state index contributed by atoms with van der Waals surface area (Å²) in [5.74, 6) is -0.643. The predicted octanol–water partition coefficient (Wildman–Crippen LogP) is 2.34. The summed E-state index contributed by atoms with van der Waals surface area (Å²) < 4.78 is 5.24. The molecule has 0 bridgehead atoms. The largest absolute Gasteiger partial charge is 0.481 e. The van der Waals surface area contributed by atoms with E-state index in [1.807, 2.05) is 20.8 Å². The number of nitrogens with zero attached hydrogens (tertiary/aromatic N) is 1. The third-order valence-electron chi connectivity index (χ3n) is 2.78. The minimum Gasteiger partial charge on any atom is -0.481 e. The van der Waals surface area contributed by atoms with Gasteiger partial charge in [-0.1, -0.05) is 13.8 Å². The lowest BCUT2D eigenvalue weighted by molar-refractivity contribution is -0.137. The molecular formula is C13H19NO4. The summed E-state index contributed by atoms with van der Waals surface area (Å²) in [6.45, 7) is 6.44. The van der Waals surface area contributed by atoms with Crippen molar-refractivity contribution in [1.82, 2.24) is 4.90 Å². The van der Waals surface area contributed by atoms with Crippen molar-refractivity contribution in [2.45, 2.75) is 33.1 Å². The van der Waals surface area contributed by atoms with Gasteiger partial charge in [0.25, 0.3) is 5.91 Å². The zero-order chi connectivity index (χ0) is 13.7. The van der Waals surface area contributed by atoms with E-state index in [9.17, 15) is 9.59 Å². The summed E-state index contributed by atoms with van der Waals surface area (Å²) in [5.41, 5.74) is 0.855. The van der Waals surface area contributed by atoms with Gasteiger partial charge in [-0.3, -0.25) is 9.59 Å². The molecule has 0 saturated carbocycles. The van der Waals surface area contributed by atoms with Crippen LogP contribution in [-0.4, -0.2) is 35.0 Å². The molecule has 100 valence electrons. The van der Waals surface area contributed by atoms with Crippen LogP contribution in [0.4, 0.5) is 0 Å². The minimum atomic E-state index is -0.912. The van der Waals surface area contributed by atoms with Crippen LogP contribution in [0.1, 0.15) is 49.2 Å². The van der Waals surface area contributed by atoms with Crippen LogP contribution in [-0.2, 0) is 4.79 Å². The molecular weight excluding hydrogens is 234 g/mol. The molecule has 0 saturated heterocycles. The van der Waals surface area contributed by atoms with E-state index in [4.69, 9.17) is 9.52 Å². The van der Waals surface area contributed by atoms with E-state index in [2.05, 4.69) is 0 Å². The van der Waals surface area contributed by atoms with Crippen LogP contribution in [0.2, 0.25) is 0 Å². The Balaban J connectivity index is 2.83. The van der Waals surface area contributed by atoms with E-state index in [1.54, 1.807) is 6.07 Å². The monoisotopic (exact) mass is 253 g/mol. The molecule has 0 radical (unpaired) electrons. The first-order chi connectivity index (χ1) is 8.47. The summed E-state index contributed by atoms with van der Waals surface area (Å²) in [4.78, 5) is 24.2. The molecule has 0 aliphatic rings. The Morgan fingerprint density at radius 3 is 2.61 bits per heavy atom. The van der Waals surface area contributed by atoms with Gasteiger partial charge < -0.3 is 14.4 Å². The highest BCUT2D eigenvalue weighted by atomic mass is 16.4. The van der Waals surface area contributed by atoms with Gasteiger partial charge in [0.05, 0.1) is 12.7 Å². The fourth-order valence-corrected chi connectivity index (χ4v) is 1.73. The fourth-order valence-electron chi connectivity index (χ4n) is 1.73. The van der Waals surface area contributed by atoms with Crippen LogP contribution >= 0.6 is 0 Å². The van der Waals surface area contributed by atoms with E-state index in [1.165, 1.54) is 11.2 Å². The highest BCUT2D eigenvalue weighted by Gasteiger charge is 2.22. The van der Waals surface area contributed by atoms with Crippen molar-refractivity contribution in [2.24, 2.45) is 0 Å². The number of carbonyl (C=O) groups excluding carboxylic acids is 1. The molecule has 5 nitrogen and oxygen atoms in total. The molecule has 1 heterocycles. The SMILES string of the molecule is CCN(CCC(=O)O)C(=O)c1occc1C(C)C. The Morgan fingerprint density at radius 1 is 1.44 bits per heavy atom. The molecule has 0 spiro atoms. The average Bonchev–Trinajstić information content (AvgIpc) is 2.77.